The molecule has 2 aromatic carbocycles. The molecular formula is C20H27BO2P. The SMILES string of the molecule is C[C@H](COCc1ccccc1)P[C@H](C)COCc1ccccc1.[B]. The van der Waals surface area contributed by atoms with E-state index in [1.54, 1.807) is 0 Å². The van der Waals surface area contributed by atoms with Crippen molar-refractivity contribution in [1.29, 1.82) is 0 Å². The molecule has 0 aliphatic rings. The fraction of sp³-hybridized carbons (Fsp3) is 0.400. The van der Waals surface area contributed by atoms with Gasteiger partial charge < -0.3 is 9.47 Å². The maximum Gasteiger partial charge on any atom is 0.0717 e. The van der Waals surface area contributed by atoms with E-state index in [4.69, 9.17) is 9.47 Å². The summed E-state index contributed by atoms with van der Waals surface area (Å²) in [6, 6.07) is 20.7. The molecule has 2 nitrogen and oxygen atoms in total. The second kappa shape index (κ2) is 12.3. The van der Waals surface area contributed by atoms with E-state index in [-0.39, 0.29) is 8.41 Å². The summed E-state index contributed by atoms with van der Waals surface area (Å²) in [4.78, 5) is 0. The van der Waals surface area contributed by atoms with Crippen LogP contribution in [0.2, 0.25) is 0 Å². The molecule has 2 aromatic rings. The van der Waals surface area contributed by atoms with Gasteiger partial charge in [-0.15, -0.1) is 8.58 Å². The summed E-state index contributed by atoms with van der Waals surface area (Å²) in [5.74, 6) is 0. The molecule has 24 heavy (non-hydrogen) atoms. The van der Waals surface area contributed by atoms with Gasteiger partial charge in [-0.05, 0) is 22.4 Å². The quantitative estimate of drug-likeness (QED) is 0.468. The lowest BCUT2D eigenvalue weighted by Gasteiger charge is -2.18. The number of hydrogen-bond acceptors (Lipinski definition) is 2. The highest BCUT2D eigenvalue weighted by atomic mass is 31.1. The van der Waals surface area contributed by atoms with Crippen LogP contribution in [0.4, 0.5) is 0 Å². The average Bonchev–Trinajstić information content (AvgIpc) is 2.57. The van der Waals surface area contributed by atoms with Crippen LogP contribution >= 0.6 is 8.58 Å². The zero-order valence-corrected chi connectivity index (χ0v) is 15.7. The van der Waals surface area contributed by atoms with Crippen LogP contribution in [0.25, 0.3) is 0 Å². The van der Waals surface area contributed by atoms with Gasteiger partial charge in [-0.2, -0.15) is 0 Å². The second-order valence-electron chi connectivity index (χ2n) is 5.97. The highest BCUT2D eigenvalue weighted by Gasteiger charge is 2.09. The van der Waals surface area contributed by atoms with E-state index in [0.29, 0.717) is 24.5 Å². The lowest BCUT2D eigenvalue weighted by Crippen LogP contribution is -2.14. The molecule has 2 atom stereocenters. The van der Waals surface area contributed by atoms with Crippen molar-refractivity contribution in [3.05, 3.63) is 71.8 Å². The first-order valence-electron chi connectivity index (χ1n) is 8.23. The summed E-state index contributed by atoms with van der Waals surface area (Å²) < 4.78 is 11.6. The maximum absolute atomic E-state index is 5.82. The molecule has 0 aliphatic carbocycles. The van der Waals surface area contributed by atoms with E-state index < -0.39 is 0 Å². The van der Waals surface area contributed by atoms with Crippen molar-refractivity contribution >= 4 is 17.0 Å². The largest absolute Gasteiger partial charge is 0.376 e. The van der Waals surface area contributed by atoms with Crippen LogP contribution < -0.4 is 0 Å². The van der Waals surface area contributed by atoms with E-state index in [1.807, 2.05) is 12.1 Å². The Kier molecular flexibility index (Phi) is 10.7. The molecule has 0 saturated heterocycles. The Morgan fingerprint density at radius 2 is 1.08 bits per heavy atom. The van der Waals surface area contributed by atoms with Crippen molar-refractivity contribution < 1.29 is 9.47 Å². The molecule has 2 rings (SSSR count). The molecule has 127 valence electrons. The predicted molar refractivity (Wildman–Crippen MR) is 105 cm³/mol. The Hall–Kier alpha value is -1.15. The van der Waals surface area contributed by atoms with Gasteiger partial charge in [-0.1, -0.05) is 74.5 Å². The Balaban J connectivity index is 0.00000288. The van der Waals surface area contributed by atoms with Crippen LogP contribution in [0.15, 0.2) is 60.7 Å². The molecule has 0 saturated carbocycles. The zero-order valence-electron chi connectivity index (χ0n) is 14.7. The minimum atomic E-state index is 0. The van der Waals surface area contributed by atoms with Gasteiger partial charge in [0.2, 0.25) is 0 Å². The van der Waals surface area contributed by atoms with Crippen molar-refractivity contribution in [1.82, 2.24) is 0 Å². The van der Waals surface area contributed by atoms with Crippen LogP contribution in [0.3, 0.4) is 0 Å². The number of ether oxygens (including phenoxy) is 2. The fourth-order valence-electron chi connectivity index (χ4n) is 2.44. The van der Waals surface area contributed by atoms with Gasteiger partial charge in [-0.3, -0.25) is 0 Å². The topological polar surface area (TPSA) is 18.5 Å². The lowest BCUT2D eigenvalue weighted by atomic mass is 10.2. The highest BCUT2D eigenvalue weighted by molar-refractivity contribution is 7.39. The summed E-state index contributed by atoms with van der Waals surface area (Å²) >= 11 is 0. The highest BCUT2D eigenvalue weighted by Crippen LogP contribution is 2.26. The van der Waals surface area contributed by atoms with Gasteiger partial charge in [0.1, 0.15) is 0 Å². The Morgan fingerprint density at radius 1 is 0.708 bits per heavy atom. The van der Waals surface area contributed by atoms with E-state index >= 15 is 0 Å². The van der Waals surface area contributed by atoms with Gasteiger partial charge in [-0.25, -0.2) is 0 Å². The van der Waals surface area contributed by atoms with Gasteiger partial charge in [0.05, 0.1) is 26.4 Å². The summed E-state index contributed by atoms with van der Waals surface area (Å²) in [5.41, 5.74) is 3.63. The van der Waals surface area contributed by atoms with Crippen LogP contribution in [0.1, 0.15) is 25.0 Å². The molecule has 3 radical (unpaired) electrons. The standard InChI is InChI=1S/C20H27O2P.B/c1-17(13-21-15-19-9-5-3-6-10-19)23-18(2)14-22-16-20-11-7-4-8-12-20;/h3-12,17-18,23H,13-16H2,1-2H3;/t17-,18-;/m1./s1. The molecule has 4 heteroatoms. The molecule has 0 heterocycles. The first-order valence-corrected chi connectivity index (χ1v) is 9.39. The summed E-state index contributed by atoms with van der Waals surface area (Å²) in [6.45, 7) is 7.56. The monoisotopic (exact) mass is 341 g/mol. The summed E-state index contributed by atoms with van der Waals surface area (Å²) in [5, 5.41) is 0. The smallest absolute Gasteiger partial charge is 0.0717 e. The van der Waals surface area contributed by atoms with Crippen LogP contribution in [0.5, 0.6) is 0 Å². The molecular weight excluding hydrogens is 314 g/mol. The molecule has 0 aromatic heterocycles. The number of hydrogen-bond donors (Lipinski definition) is 0. The van der Waals surface area contributed by atoms with E-state index in [9.17, 15) is 0 Å². The average molecular weight is 341 g/mol. The van der Waals surface area contributed by atoms with Crippen molar-refractivity contribution in [3.8, 4) is 0 Å². The van der Waals surface area contributed by atoms with Gasteiger partial charge >= 0.3 is 0 Å². The molecule has 0 spiro atoms. The molecule has 0 aliphatic heterocycles. The zero-order chi connectivity index (χ0) is 16.3. The summed E-state index contributed by atoms with van der Waals surface area (Å²) in [7, 11) is 0.865. The minimum Gasteiger partial charge on any atom is -0.376 e. The number of benzene rings is 2. The Labute approximate surface area is 150 Å². The first kappa shape index (κ1) is 20.9. The van der Waals surface area contributed by atoms with Crippen LogP contribution in [0, 0.1) is 0 Å². The Bertz CT molecular complexity index is 486. The Morgan fingerprint density at radius 3 is 1.46 bits per heavy atom. The molecule has 0 bridgehead atoms. The first-order chi connectivity index (χ1) is 11.2. The molecule has 0 N–H and O–H groups in total. The summed E-state index contributed by atoms with van der Waals surface area (Å²) in [6.07, 6.45) is 0. The molecule has 0 fully saturated rings. The molecule has 0 amide bonds. The second-order valence-corrected chi connectivity index (χ2v) is 8.27. The predicted octanol–water partition coefficient (Wildman–Crippen LogP) is 4.49. The minimum absolute atomic E-state index is 0. The van der Waals surface area contributed by atoms with Crippen molar-refractivity contribution in [3.63, 3.8) is 0 Å². The van der Waals surface area contributed by atoms with E-state index in [2.05, 4.69) is 62.4 Å². The lowest BCUT2D eigenvalue weighted by molar-refractivity contribution is 0.119. The normalized spacial score (nSPS) is 13.1. The third-order valence-electron chi connectivity index (χ3n) is 3.53. The maximum atomic E-state index is 5.82. The van der Waals surface area contributed by atoms with Crippen LogP contribution in [-0.4, -0.2) is 32.9 Å². The third-order valence-corrected chi connectivity index (χ3v) is 5.00. The van der Waals surface area contributed by atoms with Crippen molar-refractivity contribution in [2.24, 2.45) is 0 Å². The molecule has 0 unspecified atom stereocenters. The third kappa shape index (κ3) is 8.64. The van der Waals surface area contributed by atoms with Crippen LogP contribution in [-0.2, 0) is 22.7 Å². The van der Waals surface area contributed by atoms with Crippen molar-refractivity contribution in [2.75, 3.05) is 13.2 Å². The van der Waals surface area contributed by atoms with E-state index in [1.165, 1.54) is 11.1 Å². The van der Waals surface area contributed by atoms with Gasteiger partial charge in [0.15, 0.2) is 0 Å². The van der Waals surface area contributed by atoms with Gasteiger partial charge in [0, 0.05) is 8.41 Å². The number of rotatable bonds is 10. The van der Waals surface area contributed by atoms with Gasteiger partial charge in [0.25, 0.3) is 0 Å². The van der Waals surface area contributed by atoms with Crippen molar-refractivity contribution in [2.45, 2.75) is 38.4 Å². The fourth-order valence-corrected chi connectivity index (χ4v) is 3.84. The van der Waals surface area contributed by atoms with E-state index in [0.717, 1.165) is 21.8 Å².